The molecule has 34 heavy (non-hydrogen) atoms. The molecule has 0 aliphatic heterocycles. The van der Waals surface area contributed by atoms with Crippen LogP contribution in [0.1, 0.15) is 44.4 Å². The normalized spacial score (nSPS) is 11.5. The molecule has 0 aromatic heterocycles. The van der Waals surface area contributed by atoms with Gasteiger partial charge in [0.1, 0.15) is 5.75 Å². The first-order chi connectivity index (χ1) is 16.0. The summed E-state index contributed by atoms with van der Waals surface area (Å²) in [6.07, 6.45) is 0.187. The average Bonchev–Trinajstić information content (AvgIpc) is 2.75. The van der Waals surface area contributed by atoms with Crippen molar-refractivity contribution in [2.45, 2.75) is 53.6 Å². The minimum atomic E-state index is -1.42. The van der Waals surface area contributed by atoms with Gasteiger partial charge in [-0.3, -0.25) is 4.79 Å². The summed E-state index contributed by atoms with van der Waals surface area (Å²) in [5.74, 6) is -0.618. The van der Waals surface area contributed by atoms with Crippen LogP contribution in [0.2, 0.25) is 0 Å². The molecule has 0 aliphatic rings. The van der Waals surface area contributed by atoms with E-state index in [2.05, 4.69) is 20.5 Å². The third kappa shape index (κ3) is 7.95. The number of anilines is 1. The Bertz CT molecular complexity index is 996. The summed E-state index contributed by atoms with van der Waals surface area (Å²) in [5, 5.41) is 19.1. The van der Waals surface area contributed by atoms with Crippen LogP contribution in [0.4, 0.5) is 5.69 Å². The van der Waals surface area contributed by atoms with Crippen LogP contribution < -0.4 is 10.1 Å². The summed E-state index contributed by atoms with van der Waals surface area (Å²) in [5.41, 5.74) is 2.27. The second kappa shape index (κ2) is 11.9. The minimum absolute atomic E-state index is 0.138. The molecule has 0 saturated heterocycles. The van der Waals surface area contributed by atoms with Crippen molar-refractivity contribution in [3.63, 3.8) is 0 Å². The Kier molecular flexibility index (Phi) is 9.23. The predicted molar refractivity (Wildman–Crippen MR) is 126 cm³/mol. The number of benzene rings is 2. The Morgan fingerprint density at radius 3 is 2.21 bits per heavy atom. The molecule has 184 valence electrons. The molecule has 0 saturated carbocycles. The Labute approximate surface area is 199 Å². The highest BCUT2D eigenvalue weighted by Gasteiger charge is 2.34. The number of carbonyl (C=O) groups excluding carboxylic acids is 2. The van der Waals surface area contributed by atoms with Crippen molar-refractivity contribution in [1.29, 1.82) is 0 Å². The molecule has 1 N–H and O–H groups in total. The van der Waals surface area contributed by atoms with Crippen LogP contribution in [-0.4, -0.2) is 40.5 Å². The molecule has 0 spiro atoms. The molecule has 1 amide bonds. The Balaban J connectivity index is 1.90. The van der Waals surface area contributed by atoms with Gasteiger partial charge in [-0.05, 0) is 82.5 Å². The third-order valence-corrected chi connectivity index (χ3v) is 4.85. The minimum Gasteiger partial charge on any atom is -0.569 e. The number of aryl methyl sites for hydroxylation is 2. The first kappa shape index (κ1) is 26.4. The number of ether oxygens (including phenoxy) is 1. The summed E-state index contributed by atoms with van der Waals surface area (Å²) in [6, 6.07) is 12.7. The van der Waals surface area contributed by atoms with E-state index in [1.165, 1.54) is 18.9 Å². The zero-order valence-corrected chi connectivity index (χ0v) is 20.5. The molecule has 0 aliphatic carbocycles. The van der Waals surface area contributed by atoms with Crippen LogP contribution in [0.25, 0.3) is 0 Å². The van der Waals surface area contributed by atoms with Gasteiger partial charge in [0.25, 0.3) is 5.28 Å². The summed E-state index contributed by atoms with van der Waals surface area (Å²) in [4.78, 5) is 33.9. The Morgan fingerprint density at radius 2 is 1.65 bits per heavy atom. The highest BCUT2D eigenvalue weighted by atomic mass is 17.3. The van der Waals surface area contributed by atoms with Gasteiger partial charge in [-0.15, -0.1) is 10.00 Å². The number of carbonyl (C=O) groups is 2. The van der Waals surface area contributed by atoms with E-state index < -0.39 is 11.6 Å². The van der Waals surface area contributed by atoms with Crippen LogP contribution in [0, 0.1) is 19.1 Å². The standard InChI is InChI=1S/C24H32N4O6/c1-7-27(8-2)28(31)26-34-33-23(30)24(5,6)32-21-11-9-19(10-12-21)16-22(29)25-20-14-17(3)13-18(4)15-20/h9-15H,7-8,16H2,1-6H3,(H,25,29). The lowest BCUT2D eigenvalue weighted by Crippen LogP contribution is -2.39. The number of amides is 1. The number of hydrogen-bond acceptors (Lipinski definition) is 7. The summed E-state index contributed by atoms with van der Waals surface area (Å²) < 4.78 is 5.69. The highest BCUT2D eigenvalue weighted by Crippen LogP contribution is 2.21. The second-order valence-electron chi connectivity index (χ2n) is 8.28. The van der Waals surface area contributed by atoms with Gasteiger partial charge in [-0.2, -0.15) is 0 Å². The van der Waals surface area contributed by atoms with E-state index in [1.807, 2.05) is 32.0 Å². The maximum Gasteiger partial charge on any atom is 0.400 e. The van der Waals surface area contributed by atoms with Gasteiger partial charge in [-0.25, -0.2) is 9.68 Å². The number of nitrogens with one attached hydrogen (secondary N) is 1. The lowest BCUT2D eigenvalue weighted by Gasteiger charge is -2.22. The fraction of sp³-hybridized carbons (Fsp3) is 0.417. The molecular weight excluding hydrogens is 440 g/mol. The number of nitrogens with zero attached hydrogens (tertiary/aromatic N) is 3. The average molecular weight is 473 g/mol. The molecule has 0 fully saturated rings. The van der Waals surface area contributed by atoms with Crippen molar-refractivity contribution in [1.82, 2.24) is 5.01 Å². The molecule has 0 radical (unpaired) electrons. The second-order valence-corrected chi connectivity index (χ2v) is 8.28. The maximum absolute atomic E-state index is 12.4. The Hall–Kier alpha value is -3.82. The molecule has 10 heteroatoms. The van der Waals surface area contributed by atoms with E-state index in [0.717, 1.165) is 22.4 Å². The van der Waals surface area contributed by atoms with Crippen molar-refractivity contribution in [2.24, 2.45) is 5.28 Å². The molecule has 2 rings (SSSR count). The van der Waals surface area contributed by atoms with E-state index in [-0.39, 0.29) is 17.3 Å². The first-order valence-corrected chi connectivity index (χ1v) is 11.0. The molecule has 0 bridgehead atoms. The summed E-state index contributed by atoms with van der Waals surface area (Å²) in [6.45, 7) is 11.3. The fourth-order valence-electron chi connectivity index (χ4n) is 3.15. The Morgan fingerprint density at radius 1 is 1.06 bits per heavy atom. The van der Waals surface area contributed by atoms with Crippen molar-refractivity contribution >= 4 is 17.6 Å². The summed E-state index contributed by atoms with van der Waals surface area (Å²) in [7, 11) is 0. The lowest BCUT2D eigenvalue weighted by atomic mass is 10.1. The van der Waals surface area contributed by atoms with E-state index in [0.29, 0.717) is 18.8 Å². The van der Waals surface area contributed by atoms with Gasteiger partial charge in [0, 0.05) is 5.69 Å². The number of hydrogen-bond donors (Lipinski definition) is 1. The molecule has 10 nitrogen and oxygen atoms in total. The predicted octanol–water partition coefficient (Wildman–Crippen LogP) is 4.25. The SMILES string of the molecule is CCN(CC)[N+]([O-])=NOOC(=O)C(C)(C)Oc1ccc(CC(=O)Nc2cc(C)cc(C)c2)cc1. The molecule has 2 aromatic rings. The van der Waals surface area contributed by atoms with Crippen LogP contribution in [0.15, 0.2) is 47.7 Å². The van der Waals surface area contributed by atoms with Crippen molar-refractivity contribution in [3.8, 4) is 5.75 Å². The van der Waals surface area contributed by atoms with E-state index in [4.69, 9.17) is 4.74 Å². The van der Waals surface area contributed by atoms with Crippen LogP contribution >= 0.6 is 0 Å². The van der Waals surface area contributed by atoms with Crippen LogP contribution in [0.3, 0.4) is 0 Å². The molecule has 0 heterocycles. The monoisotopic (exact) mass is 472 g/mol. The van der Waals surface area contributed by atoms with Crippen molar-refractivity contribution in [3.05, 3.63) is 64.4 Å². The van der Waals surface area contributed by atoms with Gasteiger partial charge in [-0.1, -0.05) is 18.2 Å². The largest absolute Gasteiger partial charge is 0.569 e. The smallest absolute Gasteiger partial charge is 0.400 e. The van der Waals surface area contributed by atoms with Gasteiger partial charge in [0.2, 0.25) is 11.5 Å². The van der Waals surface area contributed by atoms with Crippen LogP contribution in [-0.2, 0) is 25.9 Å². The van der Waals surface area contributed by atoms with Crippen molar-refractivity contribution < 1.29 is 29.2 Å². The first-order valence-electron chi connectivity index (χ1n) is 11.0. The topological polar surface area (TPSA) is 116 Å². The lowest BCUT2D eigenvalue weighted by molar-refractivity contribution is -0.720. The van der Waals surface area contributed by atoms with Gasteiger partial charge < -0.3 is 15.3 Å². The van der Waals surface area contributed by atoms with Gasteiger partial charge in [0.15, 0.2) is 0 Å². The highest BCUT2D eigenvalue weighted by molar-refractivity contribution is 5.92. The van der Waals surface area contributed by atoms with Crippen molar-refractivity contribution in [2.75, 3.05) is 18.4 Å². The third-order valence-electron chi connectivity index (χ3n) is 4.85. The molecular formula is C24H32N4O6. The zero-order chi connectivity index (χ0) is 25.3. The van der Waals surface area contributed by atoms with Gasteiger partial charge in [0.05, 0.1) is 24.5 Å². The van der Waals surface area contributed by atoms with Gasteiger partial charge >= 0.3 is 5.97 Å². The summed E-state index contributed by atoms with van der Waals surface area (Å²) >= 11 is 0. The number of hydrazine groups is 1. The molecule has 2 aromatic carbocycles. The van der Waals surface area contributed by atoms with E-state index in [1.54, 1.807) is 38.1 Å². The van der Waals surface area contributed by atoms with E-state index >= 15 is 0 Å². The number of rotatable bonds is 11. The quantitative estimate of drug-likeness (QED) is 0.225. The molecule has 0 atom stereocenters. The molecule has 0 unspecified atom stereocenters. The zero-order valence-electron chi connectivity index (χ0n) is 20.5. The van der Waals surface area contributed by atoms with E-state index in [9.17, 15) is 14.8 Å². The van der Waals surface area contributed by atoms with Crippen LogP contribution in [0.5, 0.6) is 5.75 Å². The maximum atomic E-state index is 12.4. The fourth-order valence-corrected chi connectivity index (χ4v) is 3.15.